The van der Waals surface area contributed by atoms with Gasteiger partial charge in [0, 0.05) is 22.4 Å². The molecule has 3 atom stereocenters. The molecule has 1 nitrogen and oxygen atoms in total. The van der Waals surface area contributed by atoms with E-state index in [1.807, 2.05) is 0 Å². The zero-order chi connectivity index (χ0) is 33.4. The van der Waals surface area contributed by atoms with Gasteiger partial charge in [-0.1, -0.05) is 119 Å². The summed E-state index contributed by atoms with van der Waals surface area (Å²) in [6, 6.07) is 46.5. The maximum atomic E-state index is 2.55. The predicted octanol–water partition coefficient (Wildman–Crippen LogP) is 13.6. The fourth-order valence-electron chi connectivity index (χ4n) is 9.92. The highest BCUT2D eigenvalue weighted by atomic mass is 15.1. The number of benzene rings is 6. The Kier molecular flexibility index (Phi) is 7.13. The maximum Gasteiger partial charge on any atom is 0.0546 e. The number of hydrogen-bond donors (Lipinski definition) is 0. The second-order valence-corrected chi connectivity index (χ2v) is 16.0. The highest BCUT2D eigenvalue weighted by Crippen LogP contribution is 2.55. The van der Waals surface area contributed by atoms with Gasteiger partial charge in [0.2, 0.25) is 0 Å². The molecule has 0 saturated heterocycles. The standard InChI is InChI=1S/C48H47N/c1-30(2)39-14-8-9-15-40(39)43-27-34-12-6-7-13-35(34)28-46(43)49(37-21-19-33(20-22-37)42-26-32-17-18-36(42)25-32)38-23-24-41-45(29-38)48(4,5)44-16-10-11-31(3)47(41)44/h6-16,19-24,27-30,32,36,42H,17-18,25-26H2,1-5H3. The Hall–Kier alpha value is -4.62. The van der Waals surface area contributed by atoms with Gasteiger partial charge >= 0.3 is 0 Å². The highest BCUT2D eigenvalue weighted by Gasteiger charge is 2.40. The first kappa shape index (κ1) is 30.4. The molecular weight excluding hydrogens is 591 g/mol. The quantitative estimate of drug-likeness (QED) is 0.176. The van der Waals surface area contributed by atoms with Crippen LogP contribution < -0.4 is 4.90 Å². The fourth-order valence-corrected chi connectivity index (χ4v) is 9.92. The molecule has 1 heteroatoms. The molecule has 0 aromatic heterocycles. The lowest BCUT2D eigenvalue weighted by Crippen LogP contribution is -2.17. The minimum absolute atomic E-state index is 0.0829. The number of fused-ring (bicyclic) bond motifs is 6. The molecule has 9 rings (SSSR count). The van der Waals surface area contributed by atoms with Gasteiger partial charge in [-0.15, -0.1) is 0 Å². The first-order valence-corrected chi connectivity index (χ1v) is 18.5. The van der Waals surface area contributed by atoms with Crippen LogP contribution in [-0.2, 0) is 5.41 Å². The van der Waals surface area contributed by atoms with Crippen LogP contribution in [0.3, 0.4) is 0 Å². The van der Waals surface area contributed by atoms with E-state index in [4.69, 9.17) is 0 Å². The summed E-state index contributed by atoms with van der Waals surface area (Å²) in [7, 11) is 0. The monoisotopic (exact) mass is 637 g/mol. The van der Waals surface area contributed by atoms with Gasteiger partial charge in [-0.25, -0.2) is 0 Å². The smallest absolute Gasteiger partial charge is 0.0546 e. The van der Waals surface area contributed by atoms with Gasteiger partial charge < -0.3 is 4.90 Å². The molecule has 3 unspecified atom stereocenters. The summed E-state index contributed by atoms with van der Waals surface area (Å²) in [4.78, 5) is 2.55. The van der Waals surface area contributed by atoms with Gasteiger partial charge in [-0.05, 0) is 142 Å². The molecule has 6 aromatic carbocycles. The van der Waals surface area contributed by atoms with Crippen molar-refractivity contribution in [1.29, 1.82) is 0 Å². The Morgan fingerprint density at radius 2 is 1.37 bits per heavy atom. The molecule has 0 N–H and O–H groups in total. The van der Waals surface area contributed by atoms with E-state index in [2.05, 4.69) is 161 Å². The van der Waals surface area contributed by atoms with E-state index in [9.17, 15) is 0 Å². The van der Waals surface area contributed by atoms with Crippen molar-refractivity contribution in [3.05, 3.63) is 149 Å². The minimum atomic E-state index is -0.0829. The molecule has 6 aromatic rings. The predicted molar refractivity (Wildman–Crippen MR) is 209 cm³/mol. The lowest BCUT2D eigenvalue weighted by molar-refractivity contribution is 0.420. The van der Waals surface area contributed by atoms with E-state index < -0.39 is 0 Å². The second-order valence-electron chi connectivity index (χ2n) is 16.0. The third kappa shape index (κ3) is 4.88. The van der Waals surface area contributed by atoms with Crippen molar-refractivity contribution in [3.63, 3.8) is 0 Å². The molecule has 0 amide bonds. The fraction of sp³-hybridized carbons (Fsp3) is 0.292. The molecule has 2 fully saturated rings. The van der Waals surface area contributed by atoms with Crippen molar-refractivity contribution in [2.45, 2.75) is 77.6 Å². The molecular formula is C48H47N. The maximum absolute atomic E-state index is 2.55. The van der Waals surface area contributed by atoms with E-state index in [-0.39, 0.29) is 5.41 Å². The lowest BCUT2D eigenvalue weighted by atomic mass is 9.82. The van der Waals surface area contributed by atoms with Crippen molar-refractivity contribution < 1.29 is 0 Å². The summed E-state index contributed by atoms with van der Waals surface area (Å²) < 4.78 is 0. The summed E-state index contributed by atoms with van der Waals surface area (Å²) >= 11 is 0. The lowest BCUT2D eigenvalue weighted by Gasteiger charge is -2.31. The first-order chi connectivity index (χ1) is 23.8. The van der Waals surface area contributed by atoms with Crippen molar-refractivity contribution in [2.24, 2.45) is 11.8 Å². The van der Waals surface area contributed by atoms with Crippen LogP contribution in [0, 0.1) is 18.8 Å². The van der Waals surface area contributed by atoms with E-state index in [0.717, 1.165) is 17.8 Å². The van der Waals surface area contributed by atoms with E-state index in [1.165, 1.54) is 104 Å². The van der Waals surface area contributed by atoms with Crippen molar-refractivity contribution in [3.8, 4) is 22.3 Å². The first-order valence-electron chi connectivity index (χ1n) is 18.5. The Bertz CT molecular complexity index is 2220. The van der Waals surface area contributed by atoms with Crippen LogP contribution >= 0.6 is 0 Å². The zero-order valence-electron chi connectivity index (χ0n) is 29.6. The average molecular weight is 638 g/mol. The van der Waals surface area contributed by atoms with E-state index in [0.29, 0.717) is 5.92 Å². The van der Waals surface area contributed by atoms with Crippen LogP contribution in [0.15, 0.2) is 121 Å². The third-order valence-electron chi connectivity index (χ3n) is 12.4. The van der Waals surface area contributed by atoms with Crippen molar-refractivity contribution in [1.82, 2.24) is 0 Å². The zero-order valence-corrected chi connectivity index (χ0v) is 29.6. The van der Waals surface area contributed by atoms with Crippen LogP contribution in [0.5, 0.6) is 0 Å². The Balaban J connectivity index is 1.27. The highest BCUT2D eigenvalue weighted by molar-refractivity contribution is 5.99. The summed E-state index contributed by atoms with van der Waals surface area (Å²) in [6.07, 6.45) is 5.65. The Labute approximate surface area is 292 Å². The molecule has 0 spiro atoms. The molecule has 2 bridgehead atoms. The summed E-state index contributed by atoms with van der Waals surface area (Å²) in [5.74, 6) is 2.94. The van der Waals surface area contributed by atoms with Gasteiger partial charge in [0.1, 0.15) is 0 Å². The Morgan fingerprint density at radius 3 is 2.10 bits per heavy atom. The number of aryl methyl sites for hydroxylation is 1. The van der Waals surface area contributed by atoms with Crippen molar-refractivity contribution in [2.75, 3.05) is 4.90 Å². The van der Waals surface area contributed by atoms with Gasteiger partial charge in [-0.3, -0.25) is 0 Å². The summed E-state index contributed by atoms with van der Waals surface area (Å²) in [5, 5.41) is 2.53. The topological polar surface area (TPSA) is 3.24 Å². The van der Waals surface area contributed by atoms with Crippen LogP contribution in [0.25, 0.3) is 33.0 Å². The third-order valence-corrected chi connectivity index (χ3v) is 12.4. The number of anilines is 3. The average Bonchev–Trinajstić information content (AvgIpc) is 3.82. The van der Waals surface area contributed by atoms with Gasteiger partial charge in [-0.2, -0.15) is 0 Å². The molecule has 3 aliphatic carbocycles. The van der Waals surface area contributed by atoms with Gasteiger partial charge in [0.15, 0.2) is 0 Å². The van der Waals surface area contributed by atoms with Crippen LogP contribution in [0.2, 0.25) is 0 Å². The number of hydrogen-bond acceptors (Lipinski definition) is 1. The van der Waals surface area contributed by atoms with Crippen LogP contribution in [-0.4, -0.2) is 0 Å². The minimum Gasteiger partial charge on any atom is -0.310 e. The van der Waals surface area contributed by atoms with Gasteiger partial charge in [0.25, 0.3) is 0 Å². The Morgan fingerprint density at radius 1 is 0.633 bits per heavy atom. The summed E-state index contributed by atoms with van der Waals surface area (Å²) in [5.41, 5.74) is 16.0. The largest absolute Gasteiger partial charge is 0.310 e. The molecule has 244 valence electrons. The van der Waals surface area contributed by atoms with E-state index in [1.54, 1.807) is 0 Å². The molecule has 3 aliphatic rings. The van der Waals surface area contributed by atoms with Gasteiger partial charge in [0.05, 0.1) is 5.69 Å². The number of nitrogens with zero attached hydrogens (tertiary/aromatic N) is 1. The molecule has 0 radical (unpaired) electrons. The summed E-state index contributed by atoms with van der Waals surface area (Å²) in [6.45, 7) is 11.7. The van der Waals surface area contributed by atoms with E-state index >= 15 is 0 Å². The molecule has 0 aliphatic heterocycles. The normalized spacial score (nSPS) is 20.2. The van der Waals surface area contributed by atoms with Crippen LogP contribution in [0.4, 0.5) is 17.1 Å². The van der Waals surface area contributed by atoms with Crippen LogP contribution in [0.1, 0.15) is 93.0 Å². The molecule has 2 saturated carbocycles. The molecule has 49 heavy (non-hydrogen) atoms. The SMILES string of the molecule is Cc1cccc2c1-c1ccc(N(c3ccc(C4CC5CCC4C5)cc3)c3cc4ccccc4cc3-c3ccccc3C(C)C)cc1C2(C)C. The number of rotatable bonds is 6. The van der Waals surface area contributed by atoms with Crippen molar-refractivity contribution >= 4 is 27.8 Å². The molecule has 0 heterocycles. The second kappa shape index (κ2) is 11.5.